The maximum absolute atomic E-state index is 13.8. The third-order valence-electron chi connectivity index (χ3n) is 7.82. The van der Waals surface area contributed by atoms with E-state index in [4.69, 9.17) is 9.47 Å². The molecule has 2 aliphatic carbocycles. The number of benzene rings is 2. The summed E-state index contributed by atoms with van der Waals surface area (Å²) >= 11 is 0. The van der Waals surface area contributed by atoms with E-state index in [1.165, 1.54) is 32.2 Å². The van der Waals surface area contributed by atoms with Gasteiger partial charge in [-0.25, -0.2) is 9.18 Å². The van der Waals surface area contributed by atoms with E-state index in [2.05, 4.69) is 10.6 Å². The van der Waals surface area contributed by atoms with Crippen LogP contribution in [0.2, 0.25) is 0 Å². The second kappa shape index (κ2) is 12.9. The number of esters is 1. The van der Waals surface area contributed by atoms with Gasteiger partial charge in [0.05, 0.1) is 30.8 Å². The second-order valence-corrected chi connectivity index (χ2v) is 10.7. The van der Waals surface area contributed by atoms with Crippen LogP contribution in [0.15, 0.2) is 53.6 Å². The van der Waals surface area contributed by atoms with Gasteiger partial charge in [0.1, 0.15) is 11.6 Å². The lowest BCUT2D eigenvalue weighted by Gasteiger charge is -2.30. The summed E-state index contributed by atoms with van der Waals surface area (Å²) in [7, 11) is 1.29. The number of hydrogen-bond acceptors (Lipinski definition) is 5. The van der Waals surface area contributed by atoms with Crippen LogP contribution in [0.1, 0.15) is 48.2 Å². The third kappa shape index (κ3) is 7.48. The maximum atomic E-state index is 13.8. The Morgan fingerprint density at radius 3 is 2.31 bits per heavy atom. The molecule has 2 N–H and O–H groups in total. The van der Waals surface area contributed by atoms with Crippen LogP contribution >= 0.6 is 0 Å². The van der Waals surface area contributed by atoms with E-state index in [0.717, 1.165) is 6.07 Å². The van der Waals surface area contributed by atoms with Gasteiger partial charge in [-0.15, -0.1) is 0 Å². The van der Waals surface area contributed by atoms with Gasteiger partial charge in [0.25, 0.3) is 5.91 Å². The van der Waals surface area contributed by atoms with Gasteiger partial charge in [0.15, 0.2) is 0 Å². The molecule has 2 aromatic carbocycles. The van der Waals surface area contributed by atoms with Crippen molar-refractivity contribution in [2.75, 3.05) is 19.0 Å². The van der Waals surface area contributed by atoms with Gasteiger partial charge in [0, 0.05) is 29.3 Å². The maximum Gasteiger partial charge on any atom is 0.419 e. The number of fused-ring (bicyclic) bond motifs is 2. The molecule has 242 valence electrons. The van der Waals surface area contributed by atoms with Crippen molar-refractivity contribution >= 4 is 29.5 Å². The zero-order valence-electron chi connectivity index (χ0n) is 24.2. The molecule has 0 spiro atoms. The number of ether oxygens (including phenoxy) is 2. The number of rotatable bonds is 8. The lowest BCUT2D eigenvalue weighted by Crippen LogP contribution is -2.48. The summed E-state index contributed by atoms with van der Waals surface area (Å²) in [6, 6.07) is 5.05. The number of allylic oxidation sites excluding steroid dienone is 1. The summed E-state index contributed by atoms with van der Waals surface area (Å²) in [5.41, 5.74) is -1.55. The van der Waals surface area contributed by atoms with Crippen molar-refractivity contribution in [1.29, 1.82) is 0 Å². The molecule has 2 aliphatic rings. The molecule has 0 unspecified atom stereocenters. The van der Waals surface area contributed by atoms with Crippen molar-refractivity contribution in [1.82, 2.24) is 5.32 Å². The van der Waals surface area contributed by atoms with Gasteiger partial charge < -0.3 is 20.1 Å². The molecule has 14 heteroatoms. The van der Waals surface area contributed by atoms with Crippen LogP contribution in [-0.2, 0) is 20.5 Å². The number of methoxy groups -OCH3 is 1. The Labute approximate surface area is 253 Å². The van der Waals surface area contributed by atoms with E-state index in [1.54, 1.807) is 13.0 Å². The van der Waals surface area contributed by atoms with E-state index >= 15 is 0 Å². The molecular weight excluding hydrogens is 613 g/mol. The molecule has 0 aromatic heterocycles. The molecule has 45 heavy (non-hydrogen) atoms. The number of amides is 2. The highest BCUT2D eigenvalue weighted by Gasteiger charge is 2.55. The molecule has 4 atom stereocenters. The van der Waals surface area contributed by atoms with Crippen molar-refractivity contribution in [2.24, 2.45) is 17.8 Å². The Morgan fingerprint density at radius 1 is 1.00 bits per heavy atom. The van der Waals surface area contributed by atoms with Crippen LogP contribution in [-0.4, -0.2) is 43.7 Å². The summed E-state index contributed by atoms with van der Waals surface area (Å²) in [5.74, 6) is -6.93. The number of nitrogens with one attached hydrogen (secondary N) is 2. The molecule has 2 bridgehead atoms. The Bertz CT molecular complexity index is 1550. The number of hydrogen-bond donors (Lipinski definition) is 2. The summed E-state index contributed by atoms with van der Waals surface area (Å²) in [5, 5.41) is 4.93. The zero-order valence-corrected chi connectivity index (χ0v) is 24.2. The predicted molar refractivity (Wildman–Crippen MR) is 148 cm³/mol. The van der Waals surface area contributed by atoms with Gasteiger partial charge in [-0.05, 0) is 74.6 Å². The van der Waals surface area contributed by atoms with Gasteiger partial charge in [-0.1, -0.05) is 11.6 Å². The fourth-order valence-electron chi connectivity index (χ4n) is 6.00. The monoisotopic (exact) mass is 642 g/mol. The fourth-order valence-corrected chi connectivity index (χ4v) is 6.00. The zero-order chi connectivity index (χ0) is 33.3. The van der Waals surface area contributed by atoms with Crippen LogP contribution < -0.4 is 15.4 Å². The average Bonchev–Trinajstić information content (AvgIpc) is 3.46. The molecular formula is C31H29F7N2O5. The molecule has 7 nitrogen and oxygen atoms in total. The van der Waals surface area contributed by atoms with Crippen molar-refractivity contribution < 1.29 is 54.6 Å². The predicted octanol–water partition coefficient (Wildman–Crippen LogP) is 6.70. The highest BCUT2D eigenvalue weighted by Crippen LogP contribution is 2.54. The van der Waals surface area contributed by atoms with Gasteiger partial charge >= 0.3 is 18.3 Å². The Kier molecular flexibility index (Phi) is 9.64. The summed E-state index contributed by atoms with van der Waals surface area (Å²) in [6.45, 7) is 3.29. The van der Waals surface area contributed by atoms with Crippen molar-refractivity contribution in [3.05, 3.63) is 76.1 Å². The van der Waals surface area contributed by atoms with Crippen LogP contribution in [0.25, 0.3) is 6.08 Å². The largest absolute Gasteiger partial charge is 0.496 e. The topological polar surface area (TPSA) is 93.7 Å². The lowest BCUT2D eigenvalue weighted by atomic mass is 9.83. The summed E-state index contributed by atoms with van der Waals surface area (Å²) in [6.07, 6.45) is -7.83. The van der Waals surface area contributed by atoms with Crippen molar-refractivity contribution in [3.63, 3.8) is 0 Å². The average molecular weight is 643 g/mol. The minimum absolute atomic E-state index is 0.0421. The highest BCUT2D eigenvalue weighted by molar-refractivity contribution is 6.00. The lowest BCUT2D eigenvalue weighted by molar-refractivity contribution is -0.140. The summed E-state index contributed by atoms with van der Waals surface area (Å²) < 4.78 is 104. The molecule has 0 heterocycles. The quantitative estimate of drug-likeness (QED) is 0.145. The Balaban J connectivity index is 1.68. The standard InChI is InChI=1S/C31H29F7N2O5/c1-4-45-29(43)15(2)11-16-5-10-24(44-3)20(12-16)27(41)40-26-19-8-7-18(21(19)14-30(33,34)35)25(26)28(42)39-17-6-9-23(32)22(13-17)31(36,37)38/h5-6,9-14,18-19,25-26H,4,7-8H2,1-3H3,(H,39,42)(H,40,41)/b15-11+,21-14-/t18-,19+,25-,26+/m0/s1. The summed E-state index contributed by atoms with van der Waals surface area (Å²) in [4.78, 5) is 39.1. The molecule has 2 aromatic rings. The van der Waals surface area contributed by atoms with E-state index in [1.807, 2.05) is 0 Å². The second-order valence-electron chi connectivity index (χ2n) is 10.7. The number of anilines is 1. The van der Waals surface area contributed by atoms with Gasteiger partial charge in [-0.3, -0.25) is 9.59 Å². The number of carbonyl (C=O) groups is 3. The van der Waals surface area contributed by atoms with E-state index < -0.39 is 71.0 Å². The smallest absolute Gasteiger partial charge is 0.419 e. The molecule has 2 amide bonds. The third-order valence-corrected chi connectivity index (χ3v) is 7.82. The first-order valence-electron chi connectivity index (χ1n) is 13.8. The molecule has 0 saturated heterocycles. The minimum Gasteiger partial charge on any atom is -0.496 e. The molecule has 2 saturated carbocycles. The Morgan fingerprint density at radius 2 is 1.69 bits per heavy atom. The fraction of sp³-hybridized carbons (Fsp3) is 0.387. The van der Waals surface area contributed by atoms with Crippen molar-refractivity contribution in [3.8, 4) is 5.75 Å². The van der Waals surface area contributed by atoms with Crippen LogP contribution in [0, 0.1) is 23.6 Å². The van der Waals surface area contributed by atoms with Crippen LogP contribution in [0.4, 0.5) is 36.4 Å². The van der Waals surface area contributed by atoms with Crippen LogP contribution in [0.3, 0.4) is 0 Å². The van der Waals surface area contributed by atoms with Crippen molar-refractivity contribution in [2.45, 2.75) is 45.1 Å². The number of carbonyl (C=O) groups excluding carboxylic acids is 3. The minimum atomic E-state index is -5.06. The van der Waals surface area contributed by atoms with E-state index in [9.17, 15) is 45.1 Å². The van der Waals surface area contributed by atoms with E-state index in [-0.39, 0.29) is 48.0 Å². The van der Waals surface area contributed by atoms with Gasteiger partial charge in [-0.2, -0.15) is 26.3 Å². The Hall–Kier alpha value is -4.36. The van der Waals surface area contributed by atoms with E-state index in [0.29, 0.717) is 17.7 Å². The van der Waals surface area contributed by atoms with Gasteiger partial charge in [0.2, 0.25) is 5.91 Å². The SMILES string of the molecule is CCOC(=O)/C(C)=C/c1ccc(OC)c(C(=O)N[C@H]2[C@@H](C(=O)Nc3ccc(F)c(C(F)(F)F)c3)[C@H]3CC[C@@H]2/C3=C\C(F)(F)F)c1. The number of halogens is 7. The first-order chi connectivity index (χ1) is 21.0. The molecule has 0 radical (unpaired) electrons. The highest BCUT2D eigenvalue weighted by atomic mass is 19.4. The molecule has 0 aliphatic heterocycles. The first-order valence-corrected chi connectivity index (χ1v) is 13.8. The first kappa shape index (κ1) is 33.5. The molecule has 2 fully saturated rings. The normalized spacial score (nSPS) is 22.4. The molecule has 4 rings (SSSR count). The van der Waals surface area contributed by atoms with Crippen LogP contribution in [0.5, 0.6) is 5.75 Å². The number of alkyl halides is 6.